The zero-order valence-corrected chi connectivity index (χ0v) is 11.0. The number of aromatic carboxylic acids is 1. The number of nitrogens with zero attached hydrogens (tertiary/aromatic N) is 1. The number of carbonyl (C=O) groups is 1. The minimum atomic E-state index is -3.59. The fourth-order valence-electron chi connectivity index (χ4n) is 2.08. The average Bonchev–Trinajstić information content (AvgIpc) is 2.88. The van der Waals surface area contributed by atoms with Gasteiger partial charge >= 0.3 is 5.97 Å². The summed E-state index contributed by atoms with van der Waals surface area (Å²) in [6.07, 6.45) is 0.642. The van der Waals surface area contributed by atoms with Crippen molar-refractivity contribution in [3.05, 3.63) is 29.8 Å². The summed E-state index contributed by atoms with van der Waals surface area (Å²) < 4.78 is 25.9. The molecule has 0 saturated carbocycles. The number of aliphatic hydroxyl groups is 1. The van der Waals surface area contributed by atoms with Gasteiger partial charge in [0.2, 0.25) is 10.0 Å². The number of benzene rings is 1. The molecule has 104 valence electrons. The molecular formula is C12H15NO5S. The van der Waals surface area contributed by atoms with Gasteiger partial charge < -0.3 is 10.2 Å². The van der Waals surface area contributed by atoms with Crippen LogP contribution in [0.1, 0.15) is 16.8 Å². The molecule has 0 spiro atoms. The second-order valence-corrected chi connectivity index (χ2v) is 6.47. The van der Waals surface area contributed by atoms with Crippen molar-refractivity contribution in [3.63, 3.8) is 0 Å². The molecule has 1 aromatic rings. The van der Waals surface area contributed by atoms with E-state index in [1.807, 2.05) is 0 Å². The highest BCUT2D eigenvalue weighted by Crippen LogP contribution is 2.24. The Morgan fingerprint density at radius 2 is 1.95 bits per heavy atom. The number of sulfonamides is 1. The van der Waals surface area contributed by atoms with Crippen LogP contribution in [0, 0.1) is 5.92 Å². The molecule has 0 bridgehead atoms. The number of aliphatic hydroxyl groups excluding tert-OH is 1. The summed E-state index contributed by atoms with van der Waals surface area (Å²) >= 11 is 0. The number of carboxylic acids is 1. The van der Waals surface area contributed by atoms with Gasteiger partial charge in [0.05, 0.1) is 10.5 Å². The molecule has 1 atom stereocenters. The molecule has 1 aliphatic rings. The summed E-state index contributed by atoms with van der Waals surface area (Å²) in [5.41, 5.74) is 0.0496. The van der Waals surface area contributed by atoms with Crippen LogP contribution >= 0.6 is 0 Å². The van der Waals surface area contributed by atoms with Crippen LogP contribution < -0.4 is 0 Å². The van der Waals surface area contributed by atoms with Gasteiger partial charge in [0.15, 0.2) is 0 Å². The van der Waals surface area contributed by atoms with Crippen LogP contribution in [0.5, 0.6) is 0 Å². The molecule has 1 heterocycles. The van der Waals surface area contributed by atoms with Crippen LogP contribution in [0.3, 0.4) is 0 Å². The molecule has 0 aliphatic carbocycles. The van der Waals surface area contributed by atoms with E-state index >= 15 is 0 Å². The normalized spacial score (nSPS) is 20.6. The SMILES string of the molecule is O=C(O)c1ccc(S(=O)(=O)N2CCC(CO)C2)cc1. The van der Waals surface area contributed by atoms with E-state index in [1.54, 1.807) is 0 Å². The minimum Gasteiger partial charge on any atom is -0.478 e. The van der Waals surface area contributed by atoms with E-state index in [-0.39, 0.29) is 23.0 Å². The van der Waals surface area contributed by atoms with Gasteiger partial charge in [-0.15, -0.1) is 0 Å². The molecule has 0 aromatic heterocycles. The average molecular weight is 285 g/mol. The van der Waals surface area contributed by atoms with Crippen molar-refractivity contribution >= 4 is 16.0 Å². The highest BCUT2D eigenvalue weighted by Gasteiger charge is 2.32. The minimum absolute atomic E-state index is 0.0203. The topological polar surface area (TPSA) is 94.9 Å². The molecular weight excluding hydrogens is 270 g/mol. The van der Waals surface area contributed by atoms with E-state index in [1.165, 1.54) is 28.6 Å². The summed E-state index contributed by atoms with van der Waals surface area (Å²) in [5, 5.41) is 17.8. The van der Waals surface area contributed by atoms with Crippen molar-refractivity contribution in [2.75, 3.05) is 19.7 Å². The number of carboxylic acid groups (broad SMARTS) is 1. The van der Waals surface area contributed by atoms with Crippen LogP contribution in [0.25, 0.3) is 0 Å². The Morgan fingerprint density at radius 3 is 2.42 bits per heavy atom. The Balaban J connectivity index is 2.22. The van der Waals surface area contributed by atoms with Crippen LogP contribution in [0.4, 0.5) is 0 Å². The second kappa shape index (κ2) is 5.28. The first-order valence-corrected chi connectivity index (χ1v) is 7.33. The molecule has 1 unspecified atom stereocenters. The Morgan fingerprint density at radius 1 is 1.32 bits per heavy atom. The van der Waals surface area contributed by atoms with Gasteiger partial charge in [-0.05, 0) is 36.6 Å². The van der Waals surface area contributed by atoms with E-state index in [9.17, 15) is 13.2 Å². The van der Waals surface area contributed by atoms with Crippen LogP contribution in [-0.2, 0) is 10.0 Å². The summed E-state index contributed by atoms with van der Waals surface area (Å²) in [6, 6.07) is 5.14. The fraction of sp³-hybridized carbons (Fsp3) is 0.417. The van der Waals surface area contributed by atoms with Crippen molar-refractivity contribution in [3.8, 4) is 0 Å². The van der Waals surface area contributed by atoms with Gasteiger partial charge in [-0.2, -0.15) is 4.31 Å². The Labute approximate surface area is 111 Å². The molecule has 1 aromatic carbocycles. The van der Waals surface area contributed by atoms with E-state index in [0.717, 1.165) is 0 Å². The third-order valence-corrected chi connectivity index (χ3v) is 5.13. The van der Waals surface area contributed by atoms with Crippen molar-refractivity contribution in [2.24, 2.45) is 5.92 Å². The predicted molar refractivity (Wildman–Crippen MR) is 67.4 cm³/mol. The lowest BCUT2D eigenvalue weighted by atomic mass is 10.1. The lowest BCUT2D eigenvalue weighted by Crippen LogP contribution is -2.29. The second-order valence-electron chi connectivity index (χ2n) is 4.53. The monoisotopic (exact) mass is 285 g/mol. The highest BCUT2D eigenvalue weighted by molar-refractivity contribution is 7.89. The van der Waals surface area contributed by atoms with Gasteiger partial charge in [-0.25, -0.2) is 13.2 Å². The maximum atomic E-state index is 12.3. The summed E-state index contributed by atoms with van der Waals surface area (Å²) in [5.74, 6) is -1.11. The molecule has 1 saturated heterocycles. The molecule has 1 aliphatic heterocycles. The molecule has 2 rings (SSSR count). The Bertz CT molecular complexity index is 566. The van der Waals surface area contributed by atoms with E-state index < -0.39 is 16.0 Å². The van der Waals surface area contributed by atoms with Gasteiger partial charge in [-0.1, -0.05) is 0 Å². The maximum Gasteiger partial charge on any atom is 0.335 e. The lowest BCUT2D eigenvalue weighted by Gasteiger charge is -2.16. The van der Waals surface area contributed by atoms with Gasteiger partial charge in [0, 0.05) is 19.7 Å². The molecule has 6 nitrogen and oxygen atoms in total. The van der Waals surface area contributed by atoms with Gasteiger partial charge in [0.1, 0.15) is 0 Å². The third-order valence-electron chi connectivity index (χ3n) is 3.25. The third kappa shape index (κ3) is 2.78. The summed E-state index contributed by atoms with van der Waals surface area (Å²) in [7, 11) is -3.59. The van der Waals surface area contributed by atoms with E-state index in [4.69, 9.17) is 10.2 Å². The Hall–Kier alpha value is -1.44. The zero-order chi connectivity index (χ0) is 14.0. The zero-order valence-electron chi connectivity index (χ0n) is 10.2. The van der Waals surface area contributed by atoms with E-state index in [2.05, 4.69) is 0 Å². The molecule has 2 N–H and O–H groups in total. The first-order valence-electron chi connectivity index (χ1n) is 5.89. The molecule has 7 heteroatoms. The largest absolute Gasteiger partial charge is 0.478 e. The van der Waals surface area contributed by atoms with Crippen molar-refractivity contribution in [1.29, 1.82) is 0 Å². The van der Waals surface area contributed by atoms with Crippen molar-refractivity contribution < 1.29 is 23.4 Å². The van der Waals surface area contributed by atoms with Gasteiger partial charge in [0.25, 0.3) is 0 Å². The van der Waals surface area contributed by atoms with Crippen LogP contribution in [0.15, 0.2) is 29.2 Å². The number of hydrogen-bond acceptors (Lipinski definition) is 4. The number of hydrogen-bond donors (Lipinski definition) is 2. The van der Waals surface area contributed by atoms with Crippen LogP contribution in [0.2, 0.25) is 0 Å². The van der Waals surface area contributed by atoms with Crippen molar-refractivity contribution in [1.82, 2.24) is 4.31 Å². The molecule has 19 heavy (non-hydrogen) atoms. The standard InChI is InChI=1S/C12H15NO5S/c14-8-9-5-6-13(7-9)19(17,18)11-3-1-10(2-4-11)12(15)16/h1-4,9,14H,5-8H2,(H,15,16). The first kappa shape index (κ1) is 14.0. The summed E-state index contributed by atoms with van der Waals surface area (Å²) in [4.78, 5) is 10.8. The molecule has 0 radical (unpaired) electrons. The smallest absolute Gasteiger partial charge is 0.335 e. The molecule has 0 amide bonds. The van der Waals surface area contributed by atoms with Crippen LogP contribution in [-0.4, -0.2) is 48.6 Å². The first-order chi connectivity index (χ1) is 8.95. The lowest BCUT2D eigenvalue weighted by molar-refractivity contribution is 0.0696. The Kier molecular flexibility index (Phi) is 3.88. The maximum absolute atomic E-state index is 12.3. The van der Waals surface area contributed by atoms with E-state index in [0.29, 0.717) is 19.5 Å². The van der Waals surface area contributed by atoms with Gasteiger partial charge in [-0.3, -0.25) is 0 Å². The fourth-order valence-corrected chi connectivity index (χ4v) is 3.61. The quantitative estimate of drug-likeness (QED) is 0.834. The summed E-state index contributed by atoms with van der Waals surface area (Å²) in [6.45, 7) is 0.664. The highest BCUT2D eigenvalue weighted by atomic mass is 32.2. The molecule has 1 fully saturated rings. The number of rotatable bonds is 4. The predicted octanol–water partition coefficient (Wildman–Crippen LogP) is 0.388. The van der Waals surface area contributed by atoms with Crippen molar-refractivity contribution in [2.45, 2.75) is 11.3 Å².